The highest BCUT2D eigenvalue weighted by Crippen LogP contribution is 2.47. The summed E-state index contributed by atoms with van der Waals surface area (Å²) in [7, 11) is 0. The second-order valence-electron chi connectivity index (χ2n) is 10.1. The molecule has 2 aliphatic rings. The van der Waals surface area contributed by atoms with Crippen LogP contribution in [0.25, 0.3) is 0 Å². The monoisotopic (exact) mass is 573 g/mol. The smallest absolute Gasteiger partial charge is 0.336 e. The highest BCUT2D eigenvalue weighted by atomic mass is 35.5. The van der Waals surface area contributed by atoms with E-state index in [1.807, 2.05) is 61.5 Å². The first-order valence-electron chi connectivity index (χ1n) is 13.7. The zero-order valence-corrected chi connectivity index (χ0v) is 23.8. The summed E-state index contributed by atoms with van der Waals surface area (Å²) in [6.07, 6.45) is 0.889. The average Bonchev–Trinajstić information content (AvgIpc) is 2.96. The molecule has 0 bridgehead atoms. The van der Waals surface area contributed by atoms with Gasteiger partial charge in [-0.05, 0) is 73.7 Å². The number of fused-ring (bicyclic) bond motifs is 1. The van der Waals surface area contributed by atoms with Gasteiger partial charge in [0, 0.05) is 28.8 Å². The number of hydrogen-bond donors (Lipinski definition) is 1. The second-order valence-corrected chi connectivity index (χ2v) is 10.6. The highest BCUT2D eigenvalue weighted by molar-refractivity contribution is 6.30. The zero-order valence-electron chi connectivity index (χ0n) is 23.0. The molecule has 3 aromatic carbocycles. The van der Waals surface area contributed by atoms with E-state index in [0.29, 0.717) is 47.1 Å². The molecule has 1 unspecified atom stereocenters. The van der Waals surface area contributed by atoms with Gasteiger partial charge in [-0.3, -0.25) is 9.79 Å². The van der Waals surface area contributed by atoms with Crippen LogP contribution in [0, 0.1) is 5.92 Å². The number of rotatable bonds is 9. The molecule has 8 heteroatoms. The molecule has 0 spiro atoms. The largest absolute Gasteiger partial charge is 0.504 e. The summed E-state index contributed by atoms with van der Waals surface area (Å²) in [6.45, 7) is 4.16. The Hall–Kier alpha value is -4.10. The minimum atomic E-state index is -0.636. The number of aliphatic imine (C=N–C) groups is 1. The van der Waals surface area contributed by atoms with Crippen LogP contribution in [0.3, 0.4) is 0 Å². The number of phenolic OH excluding ortho intramolecular Hbond substituents is 1. The van der Waals surface area contributed by atoms with Gasteiger partial charge in [0.05, 0.1) is 18.1 Å². The van der Waals surface area contributed by atoms with Crippen molar-refractivity contribution in [2.45, 2.75) is 38.5 Å². The third kappa shape index (κ3) is 6.30. The maximum absolute atomic E-state index is 13.9. The molecule has 5 rings (SSSR count). The van der Waals surface area contributed by atoms with Crippen LogP contribution in [-0.2, 0) is 14.3 Å². The summed E-state index contributed by atoms with van der Waals surface area (Å²) in [4.78, 5) is 32.2. The Morgan fingerprint density at radius 2 is 1.68 bits per heavy atom. The number of para-hydroxylation sites is 1. The van der Waals surface area contributed by atoms with Crippen LogP contribution in [0.2, 0.25) is 5.02 Å². The van der Waals surface area contributed by atoms with Crippen molar-refractivity contribution in [2.75, 3.05) is 19.8 Å². The van der Waals surface area contributed by atoms with Crippen molar-refractivity contribution >= 4 is 29.1 Å². The maximum Gasteiger partial charge on any atom is 0.336 e. The summed E-state index contributed by atoms with van der Waals surface area (Å²) in [5.41, 5.74) is 3.26. The van der Waals surface area contributed by atoms with E-state index in [4.69, 9.17) is 30.8 Å². The van der Waals surface area contributed by atoms with Gasteiger partial charge in [-0.1, -0.05) is 48.0 Å². The Balaban J connectivity index is 1.46. The minimum absolute atomic E-state index is 0.00352. The van der Waals surface area contributed by atoms with Crippen molar-refractivity contribution in [2.24, 2.45) is 10.9 Å². The lowest BCUT2D eigenvalue weighted by molar-refractivity contribution is -0.140. The number of halogens is 1. The standard InChI is InChI=1S/C33H32ClNO6/c1-3-39-29-19-22(11-14-27(29)36)31-30(33(38)41-16-15-40-25-7-5-4-6-8-25)20(2)35-26-17-23(18-28(37)32(26)31)21-9-12-24(34)13-10-21/h4-14,19,23,31-32,36H,3,15-18H2,1-2H3/t23-,31-,32?/m1/s1. The third-order valence-electron chi connectivity index (χ3n) is 7.49. The molecule has 212 valence electrons. The van der Waals surface area contributed by atoms with Crippen molar-refractivity contribution in [1.29, 1.82) is 0 Å². The minimum Gasteiger partial charge on any atom is -0.504 e. The van der Waals surface area contributed by atoms with E-state index in [1.54, 1.807) is 19.1 Å². The number of phenols is 1. The number of ether oxygens (including phenoxy) is 3. The summed E-state index contributed by atoms with van der Waals surface area (Å²) >= 11 is 6.09. The lowest BCUT2D eigenvalue weighted by Crippen LogP contribution is -2.41. The molecule has 0 radical (unpaired) electrons. The number of aromatic hydroxyl groups is 1. The second kappa shape index (κ2) is 12.6. The van der Waals surface area contributed by atoms with Crippen molar-refractivity contribution in [1.82, 2.24) is 0 Å². The van der Waals surface area contributed by atoms with Crippen LogP contribution >= 0.6 is 11.6 Å². The van der Waals surface area contributed by atoms with Gasteiger partial charge < -0.3 is 19.3 Å². The molecule has 1 aliphatic heterocycles. The van der Waals surface area contributed by atoms with E-state index >= 15 is 0 Å². The molecule has 7 nitrogen and oxygen atoms in total. The fourth-order valence-corrected chi connectivity index (χ4v) is 5.78. The van der Waals surface area contributed by atoms with Gasteiger partial charge in [0.15, 0.2) is 11.5 Å². The van der Waals surface area contributed by atoms with Crippen molar-refractivity contribution < 1.29 is 28.9 Å². The Morgan fingerprint density at radius 3 is 2.41 bits per heavy atom. The first kappa shape index (κ1) is 28.4. The Kier molecular flexibility index (Phi) is 8.74. The van der Waals surface area contributed by atoms with E-state index in [2.05, 4.69) is 0 Å². The van der Waals surface area contributed by atoms with E-state index in [-0.39, 0.29) is 36.4 Å². The van der Waals surface area contributed by atoms with Crippen molar-refractivity contribution in [3.05, 3.63) is 100 Å². The maximum atomic E-state index is 13.9. The molecular weight excluding hydrogens is 542 g/mol. The molecule has 1 heterocycles. The molecular formula is C33H32ClNO6. The summed E-state index contributed by atoms with van der Waals surface area (Å²) < 4.78 is 17.0. The number of esters is 1. The van der Waals surface area contributed by atoms with Gasteiger partial charge in [-0.25, -0.2) is 4.79 Å². The van der Waals surface area contributed by atoms with Gasteiger partial charge in [0.1, 0.15) is 24.7 Å². The number of benzene rings is 3. The number of hydrogen-bond acceptors (Lipinski definition) is 7. The molecule has 3 aromatic rings. The molecule has 1 N–H and O–H groups in total. The number of Topliss-reactive ketones (excluding diaryl/α,β-unsaturated/α-hetero) is 1. The molecule has 0 amide bonds. The van der Waals surface area contributed by atoms with E-state index in [9.17, 15) is 14.7 Å². The van der Waals surface area contributed by atoms with Crippen LogP contribution in [0.5, 0.6) is 17.2 Å². The van der Waals surface area contributed by atoms with Crippen LogP contribution in [-0.4, -0.2) is 42.4 Å². The molecule has 1 aliphatic carbocycles. The first-order chi connectivity index (χ1) is 19.9. The normalized spacial score (nSPS) is 20.2. The van der Waals surface area contributed by atoms with Gasteiger partial charge in [-0.15, -0.1) is 0 Å². The number of ketones is 1. The highest BCUT2D eigenvalue weighted by Gasteiger charge is 2.46. The quantitative estimate of drug-likeness (QED) is 0.228. The number of allylic oxidation sites excluding steroid dienone is 1. The first-order valence-corrected chi connectivity index (χ1v) is 14.1. The van der Waals surface area contributed by atoms with Crippen LogP contribution in [0.4, 0.5) is 0 Å². The summed E-state index contributed by atoms with van der Waals surface area (Å²) in [5.74, 6) is -0.904. The lowest BCUT2D eigenvalue weighted by Gasteiger charge is -2.38. The molecule has 3 atom stereocenters. The topological polar surface area (TPSA) is 94.4 Å². The zero-order chi connectivity index (χ0) is 28.9. The van der Waals surface area contributed by atoms with E-state index in [0.717, 1.165) is 11.3 Å². The average molecular weight is 574 g/mol. The van der Waals surface area contributed by atoms with Gasteiger partial charge in [-0.2, -0.15) is 0 Å². The number of nitrogens with zero attached hydrogens (tertiary/aromatic N) is 1. The van der Waals surface area contributed by atoms with Crippen molar-refractivity contribution in [3.8, 4) is 17.2 Å². The fraction of sp³-hybridized carbons (Fsp3) is 0.303. The number of carbonyl (C=O) groups is 2. The third-order valence-corrected chi connectivity index (χ3v) is 7.74. The van der Waals surface area contributed by atoms with Crippen molar-refractivity contribution in [3.63, 3.8) is 0 Å². The van der Waals surface area contributed by atoms with E-state index < -0.39 is 17.8 Å². The van der Waals surface area contributed by atoms with E-state index in [1.165, 1.54) is 6.07 Å². The van der Waals surface area contributed by atoms with Crippen LogP contribution in [0.15, 0.2) is 89.1 Å². The number of carbonyl (C=O) groups excluding carboxylic acids is 2. The molecule has 41 heavy (non-hydrogen) atoms. The SMILES string of the molecule is CCOc1cc([C@@H]2C(C(=O)OCCOc3ccccc3)=C(C)N=C3C[C@@H](c4ccc(Cl)cc4)CC(=O)C32)ccc1O. The summed E-state index contributed by atoms with van der Waals surface area (Å²) in [5, 5.41) is 11.0. The fourth-order valence-electron chi connectivity index (χ4n) is 5.66. The Morgan fingerprint density at radius 1 is 0.951 bits per heavy atom. The molecule has 0 aromatic heterocycles. The molecule has 1 fully saturated rings. The Labute approximate surface area is 244 Å². The Bertz CT molecular complexity index is 1480. The van der Waals surface area contributed by atoms with Gasteiger partial charge in [0.25, 0.3) is 0 Å². The van der Waals surface area contributed by atoms with Gasteiger partial charge in [0.2, 0.25) is 0 Å². The predicted octanol–water partition coefficient (Wildman–Crippen LogP) is 6.64. The molecule has 1 saturated carbocycles. The lowest BCUT2D eigenvalue weighted by atomic mass is 9.66. The predicted molar refractivity (Wildman–Crippen MR) is 157 cm³/mol. The van der Waals surface area contributed by atoms with Crippen LogP contribution in [0.1, 0.15) is 49.7 Å². The summed E-state index contributed by atoms with van der Waals surface area (Å²) in [6, 6.07) is 21.8. The molecule has 0 saturated heterocycles. The van der Waals surface area contributed by atoms with Crippen LogP contribution < -0.4 is 9.47 Å². The van der Waals surface area contributed by atoms with Gasteiger partial charge >= 0.3 is 5.97 Å².